The first-order chi connectivity index (χ1) is 4.74. The van der Waals surface area contributed by atoms with Crippen molar-refractivity contribution in [3.63, 3.8) is 0 Å². The maximum Gasteiger partial charge on any atom is 0.115 e. The van der Waals surface area contributed by atoms with E-state index in [0.29, 0.717) is 12.8 Å². The molecule has 3 atom stereocenters. The predicted octanol–water partition coefficient (Wildman–Crippen LogP) is 0.828. The Labute approximate surface area is 58.8 Å². The molecule has 1 fully saturated rings. The van der Waals surface area contributed by atoms with Gasteiger partial charge in [0.1, 0.15) is 6.17 Å². The molecule has 0 spiro atoms. The van der Waals surface area contributed by atoms with Crippen LogP contribution in [0.15, 0.2) is 5.18 Å². The van der Waals surface area contributed by atoms with E-state index >= 15 is 0 Å². The summed E-state index contributed by atoms with van der Waals surface area (Å²) in [6, 6.07) is -0.369. The van der Waals surface area contributed by atoms with Crippen LogP contribution >= 0.6 is 0 Å². The van der Waals surface area contributed by atoms with Crippen LogP contribution in [-0.2, 0) is 0 Å². The minimum absolute atomic E-state index is 0.0856. The molecule has 3 unspecified atom stereocenters. The fourth-order valence-electron chi connectivity index (χ4n) is 1.38. The van der Waals surface area contributed by atoms with Gasteiger partial charge in [-0.15, -0.1) is 0 Å². The lowest BCUT2D eigenvalue weighted by molar-refractivity contribution is 0.307. The van der Waals surface area contributed by atoms with Crippen LogP contribution in [0.4, 0.5) is 4.39 Å². The molecule has 1 rings (SSSR count). The van der Waals surface area contributed by atoms with Crippen LogP contribution < -0.4 is 5.73 Å². The van der Waals surface area contributed by atoms with E-state index in [1.807, 2.05) is 0 Å². The van der Waals surface area contributed by atoms with Crippen LogP contribution in [0.1, 0.15) is 12.8 Å². The topological polar surface area (TPSA) is 55.4 Å². The molecule has 10 heavy (non-hydrogen) atoms. The van der Waals surface area contributed by atoms with Crippen molar-refractivity contribution in [1.82, 2.24) is 0 Å². The first kappa shape index (κ1) is 7.60. The molecule has 2 N–H and O–H groups in total. The van der Waals surface area contributed by atoms with E-state index < -0.39 is 6.17 Å². The maximum absolute atomic E-state index is 12.6. The molecule has 1 saturated carbocycles. The van der Waals surface area contributed by atoms with Crippen molar-refractivity contribution < 1.29 is 4.39 Å². The van der Waals surface area contributed by atoms with E-state index in [-0.39, 0.29) is 18.5 Å². The minimum Gasteiger partial charge on any atom is -0.325 e. The molecule has 1 aliphatic rings. The number of halogens is 1. The van der Waals surface area contributed by atoms with Crippen LogP contribution in [0.2, 0.25) is 0 Å². The van der Waals surface area contributed by atoms with Gasteiger partial charge in [0.2, 0.25) is 0 Å². The molecule has 0 saturated heterocycles. The van der Waals surface area contributed by atoms with Crippen LogP contribution in [0.5, 0.6) is 0 Å². The Kier molecular flexibility index (Phi) is 2.32. The average molecular weight is 146 g/mol. The molecular weight excluding hydrogens is 135 g/mol. The van der Waals surface area contributed by atoms with E-state index in [9.17, 15) is 9.30 Å². The van der Waals surface area contributed by atoms with Crippen LogP contribution in [0.25, 0.3) is 0 Å². The van der Waals surface area contributed by atoms with E-state index in [2.05, 4.69) is 5.18 Å². The van der Waals surface area contributed by atoms with Crippen LogP contribution in [0, 0.1) is 10.8 Å². The van der Waals surface area contributed by atoms with E-state index in [1.54, 1.807) is 0 Å². The van der Waals surface area contributed by atoms with Gasteiger partial charge in [-0.25, -0.2) is 4.39 Å². The lowest BCUT2D eigenvalue weighted by Gasteiger charge is -2.01. The highest BCUT2D eigenvalue weighted by molar-refractivity contribution is 4.86. The number of nitrogens with two attached hydrogens (primary N) is 1. The monoisotopic (exact) mass is 146 g/mol. The number of nitroso groups, excluding NO2 is 1. The third kappa shape index (κ3) is 1.50. The molecule has 0 aromatic carbocycles. The zero-order valence-electron chi connectivity index (χ0n) is 5.66. The van der Waals surface area contributed by atoms with Gasteiger partial charge in [0, 0.05) is 6.04 Å². The van der Waals surface area contributed by atoms with E-state index in [0.717, 1.165) is 0 Å². The Morgan fingerprint density at radius 3 is 2.70 bits per heavy atom. The summed E-state index contributed by atoms with van der Waals surface area (Å²) in [4.78, 5) is 9.76. The highest BCUT2D eigenvalue weighted by atomic mass is 19.1. The molecule has 0 radical (unpaired) electrons. The lowest BCUT2D eigenvalue weighted by atomic mass is 10.1. The molecule has 0 aromatic heterocycles. The Bertz CT molecular complexity index is 121. The second-order valence-electron chi connectivity index (χ2n) is 2.83. The SMILES string of the molecule is NC1CC(CN=O)CC1F. The van der Waals surface area contributed by atoms with Gasteiger partial charge in [-0.1, -0.05) is 5.18 Å². The van der Waals surface area contributed by atoms with Crippen LogP contribution in [-0.4, -0.2) is 18.8 Å². The van der Waals surface area contributed by atoms with Gasteiger partial charge in [0.25, 0.3) is 0 Å². The third-order valence-corrected chi connectivity index (χ3v) is 1.96. The molecule has 3 nitrogen and oxygen atoms in total. The summed E-state index contributed by atoms with van der Waals surface area (Å²) in [5.41, 5.74) is 5.38. The van der Waals surface area contributed by atoms with Crippen molar-refractivity contribution in [2.24, 2.45) is 16.8 Å². The van der Waals surface area contributed by atoms with E-state index in [1.165, 1.54) is 0 Å². The van der Waals surface area contributed by atoms with Crippen molar-refractivity contribution in [2.75, 3.05) is 6.54 Å². The van der Waals surface area contributed by atoms with Gasteiger partial charge < -0.3 is 5.73 Å². The second-order valence-corrected chi connectivity index (χ2v) is 2.83. The number of hydrogen-bond acceptors (Lipinski definition) is 3. The van der Waals surface area contributed by atoms with Crippen LogP contribution in [0.3, 0.4) is 0 Å². The molecule has 0 amide bonds. The quantitative estimate of drug-likeness (QED) is 0.586. The highest BCUT2D eigenvalue weighted by Gasteiger charge is 2.31. The zero-order chi connectivity index (χ0) is 7.56. The standard InChI is InChI=1S/C6H11FN2O/c7-5-1-4(3-9-10)2-6(5)8/h4-6H,1-3,8H2. The third-order valence-electron chi connectivity index (χ3n) is 1.96. The van der Waals surface area contributed by atoms with Gasteiger partial charge >= 0.3 is 0 Å². The Morgan fingerprint density at radius 1 is 1.60 bits per heavy atom. The van der Waals surface area contributed by atoms with Gasteiger partial charge in [-0.05, 0) is 18.8 Å². The molecule has 58 valence electrons. The molecule has 0 bridgehead atoms. The Balaban J connectivity index is 2.33. The summed E-state index contributed by atoms with van der Waals surface area (Å²) in [6.45, 7) is 0.216. The summed E-state index contributed by atoms with van der Waals surface area (Å²) in [7, 11) is 0. The van der Waals surface area contributed by atoms with Crippen molar-refractivity contribution in [2.45, 2.75) is 25.1 Å². The highest BCUT2D eigenvalue weighted by Crippen LogP contribution is 2.26. The lowest BCUT2D eigenvalue weighted by Crippen LogP contribution is -2.25. The van der Waals surface area contributed by atoms with Crippen molar-refractivity contribution >= 4 is 0 Å². The maximum atomic E-state index is 12.6. The summed E-state index contributed by atoms with van der Waals surface area (Å²) in [5, 5.41) is 2.71. The fraction of sp³-hybridized carbons (Fsp3) is 1.00. The van der Waals surface area contributed by atoms with Gasteiger partial charge in [-0.3, -0.25) is 0 Å². The number of rotatable bonds is 2. The van der Waals surface area contributed by atoms with Crippen molar-refractivity contribution in [1.29, 1.82) is 0 Å². The second kappa shape index (κ2) is 3.05. The fourth-order valence-corrected chi connectivity index (χ4v) is 1.38. The smallest absolute Gasteiger partial charge is 0.115 e. The first-order valence-corrected chi connectivity index (χ1v) is 3.42. The van der Waals surface area contributed by atoms with Crippen molar-refractivity contribution in [3.8, 4) is 0 Å². The number of hydrogen-bond donors (Lipinski definition) is 1. The molecule has 4 heteroatoms. The number of alkyl halides is 1. The van der Waals surface area contributed by atoms with Gasteiger partial charge in [-0.2, -0.15) is 4.91 Å². The van der Waals surface area contributed by atoms with Gasteiger partial charge in [0.05, 0.1) is 6.54 Å². The largest absolute Gasteiger partial charge is 0.325 e. The summed E-state index contributed by atoms with van der Waals surface area (Å²) in [5.74, 6) is 0.0856. The van der Waals surface area contributed by atoms with E-state index in [4.69, 9.17) is 5.73 Å². The molecule has 1 aliphatic carbocycles. The average Bonchev–Trinajstić information content (AvgIpc) is 2.14. The minimum atomic E-state index is -0.924. The Morgan fingerprint density at radius 2 is 2.30 bits per heavy atom. The molecule has 0 aliphatic heterocycles. The summed E-state index contributed by atoms with van der Waals surface area (Å²) >= 11 is 0. The Hall–Kier alpha value is -0.510. The predicted molar refractivity (Wildman–Crippen MR) is 36.3 cm³/mol. The zero-order valence-corrected chi connectivity index (χ0v) is 5.66. The normalized spacial score (nSPS) is 40.0. The first-order valence-electron chi connectivity index (χ1n) is 3.42. The van der Waals surface area contributed by atoms with Gasteiger partial charge in [0.15, 0.2) is 0 Å². The summed E-state index contributed by atoms with van der Waals surface area (Å²) < 4.78 is 12.6. The molecule has 0 heterocycles. The summed E-state index contributed by atoms with van der Waals surface area (Å²) in [6.07, 6.45) is 0.0894. The number of nitrogens with zero attached hydrogens (tertiary/aromatic N) is 1. The van der Waals surface area contributed by atoms with Crippen molar-refractivity contribution in [3.05, 3.63) is 4.91 Å². The molecule has 0 aromatic rings. The molecular formula is C6H11FN2O.